The Morgan fingerprint density at radius 1 is 1.17 bits per heavy atom. The van der Waals surface area contributed by atoms with E-state index in [0.29, 0.717) is 0 Å². The number of aromatic nitrogens is 1. The van der Waals surface area contributed by atoms with Crippen LogP contribution in [0.4, 0.5) is 0 Å². The van der Waals surface area contributed by atoms with Gasteiger partial charge in [-0.05, 0) is 49.7 Å². The van der Waals surface area contributed by atoms with Gasteiger partial charge in [-0.2, -0.15) is 0 Å². The van der Waals surface area contributed by atoms with E-state index in [1.54, 1.807) is 19.2 Å². The van der Waals surface area contributed by atoms with E-state index in [1.165, 1.54) is 6.20 Å². The first-order chi connectivity index (χ1) is 11.5. The highest BCUT2D eigenvalue weighted by Crippen LogP contribution is 2.21. The Bertz CT molecular complexity index is 741. The third-order valence-corrected chi connectivity index (χ3v) is 5.35. The van der Waals surface area contributed by atoms with Crippen LogP contribution in [0.3, 0.4) is 0 Å². The number of nitrogens with one attached hydrogen (secondary N) is 1. The highest BCUT2D eigenvalue weighted by Gasteiger charge is 2.17. The second kappa shape index (κ2) is 8.26. The minimum atomic E-state index is -3.53. The number of rotatable bonds is 8. The summed E-state index contributed by atoms with van der Waals surface area (Å²) in [6.45, 7) is 3.97. The van der Waals surface area contributed by atoms with Crippen molar-refractivity contribution >= 4 is 10.0 Å². The van der Waals surface area contributed by atoms with Crippen molar-refractivity contribution in [2.75, 3.05) is 7.11 Å². The lowest BCUT2D eigenvalue weighted by Gasteiger charge is -2.13. The summed E-state index contributed by atoms with van der Waals surface area (Å²) < 4.78 is 32.6. The molecule has 0 aliphatic heterocycles. The molecule has 0 aliphatic rings. The zero-order chi connectivity index (χ0) is 17.6. The monoisotopic (exact) mass is 348 g/mol. The van der Waals surface area contributed by atoms with E-state index in [1.807, 2.05) is 31.2 Å². The molecule has 1 aromatic heterocycles. The van der Waals surface area contributed by atoms with Crippen molar-refractivity contribution < 1.29 is 13.2 Å². The Labute approximate surface area is 144 Å². The van der Waals surface area contributed by atoms with Crippen molar-refractivity contribution in [3.05, 3.63) is 42.6 Å². The first kappa shape index (κ1) is 18.4. The average molecular weight is 348 g/mol. The number of nitrogens with zero attached hydrogens (tertiary/aromatic N) is 1. The van der Waals surface area contributed by atoms with Gasteiger partial charge < -0.3 is 4.74 Å². The number of sulfonamides is 1. The fourth-order valence-corrected chi connectivity index (χ4v) is 3.60. The van der Waals surface area contributed by atoms with Gasteiger partial charge in [0.15, 0.2) is 0 Å². The largest absolute Gasteiger partial charge is 0.497 e. The second-order valence-electron chi connectivity index (χ2n) is 5.77. The highest BCUT2D eigenvalue weighted by molar-refractivity contribution is 7.89. The van der Waals surface area contributed by atoms with E-state index < -0.39 is 10.0 Å². The van der Waals surface area contributed by atoms with Crippen molar-refractivity contribution in [1.29, 1.82) is 0 Å². The number of hydrogen-bond acceptors (Lipinski definition) is 4. The molecule has 0 saturated carbocycles. The maximum atomic E-state index is 12.4. The Morgan fingerprint density at radius 3 is 2.42 bits per heavy atom. The molecule has 1 heterocycles. The zero-order valence-corrected chi connectivity index (χ0v) is 15.1. The van der Waals surface area contributed by atoms with Gasteiger partial charge in [0.25, 0.3) is 0 Å². The molecule has 130 valence electrons. The summed E-state index contributed by atoms with van der Waals surface area (Å²) >= 11 is 0. The van der Waals surface area contributed by atoms with E-state index in [4.69, 9.17) is 4.74 Å². The predicted molar refractivity (Wildman–Crippen MR) is 95.5 cm³/mol. The van der Waals surface area contributed by atoms with Crippen molar-refractivity contribution in [2.45, 2.75) is 44.0 Å². The lowest BCUT2D eigenvalue weighted by atomic mass is 10.1. The fourth-order valence-electron chi connectivity index (χ4n) is 2.37. The molecule has 0 spiro atoms. The van der Waals surface area contributed by atoms with Crippen LogP contribution >= 0.6 is 0 Å². The summed E-state index contributed by atoms with van der Waals surface area (Å²) in [4.78, 5) is 4.46. The minimum absolute atomic E-state index is 0.0868. The molecule has 6 heteroatoms. The van der Waals surface area contributed by atoms with E-state index in [0.717, 1.165) is 36.3 Å². The molecule has 0 saturated heterocycles. The molecule has 1 N–H and O–H groups in total. The Hall–Kier alpha value is -1.92. The zero-order valence-electron chi connectivity index (χ0n) is 14.3. The lowest BCUT2D eigenvalue weighted by molar-refractivity contribution is 0.415. The van der Waals surface area contributed by atoms with Gasteiger partial charge in [0, 0.05) is 17.8 Å². The van der Waals surface area contributed by atoms with E-state index >= 15 is 0 Å². The Balaban J connectivity index is 2.12. The molecule has 2 aromatic rings. The molecule has 2 rings (SSSR count). The first-order valence-electron chi connectivity index (χ1n) is 8.09. The molecule has 0 bridgehead atoms. The highest BCUT2D eigenvalue weighted by atomic mass is 32.2. The number of pyridine rings is 1. The molecule has 1 aromatic carbocycles. The summed E-state index contributed by atoms with van der Waals surface area (Å²) in [6.07, 6.45) is 4.27. The van der Waals surface area contributed by atoms with E-state index in [2.05, 4.69) is 16.6 Å². The van der Waals surface area contributed by atoms with Crippen LogP contribution in [0.25, 0.3) is 11.3 Å². The fraction of sp³-hybridized carbons (Fsp3) is 0.389. The third-order valence-electron chi connectivity index (χ3n) is 3.78. The summed E-state index contributed by atoms with van der Waals surface area (Å²) in [5.74, 6) is 0.767. The van der Waals surface area contributed by atoms with E-state index in [-0.39, 0.29) is 10.9 Å². The van der Waals surface area contributed by atoms with Crippen LogP contribution in [-0.4, -0.2) is 26.6 Å². The molecule has 1 unspecified atom stereocenters. The minimum Gasteiger partial charge on any atom is -0.497 e. The van der Waals surface area contributed by atoms with Crippen molar-refractivity contribution in [1.82, 2.24) is 9.71 Å². The molecule has 24 heavy (non-hydrogen) atoms. The maximum absolute atomic E-state index is 12.4. The van der Waals surface area contributed by atoms with Crippen LogP contribution in [0.15, 0.2) is 47.5 Å². The summed E-state index contributed by atoms with van der Waals surface area (Å²) in [6, 6.07) is 10.7. The number of methoxy groups -OCH3 is 1. The number of benzene rings is 1. The summed E-state index contributed by atoms with van der Waals surface area (Å²) in [5.41, 5.74) is 1.62. The molecule has 0 amide bonds. The quantitative estimate of drug-likeness (QED) is 0.791. The second-order valence-corrected chi connectivity index (χ2v) is 7.49. The molecular weight excluding hydrogens is 324 g/mol. The van der Waals surface area contributed by atoms with Gasteiger partial charge in [0.05, 0.1) is 12.8 Å². The molecule has 0 radical (unpaired) electrons. The average Bonchev–Trinajstić information content (AvgIpc) is 2.60. The van der Waals surface area contributed by atoms with Gasteiger partial charge in [0.2, 0.25) is 10.0 Å². The standard InChI is InChI=1S/C18H24N2O3S/c1-4-5-6-14(2)20-24(21,22)17-11-12-18(19-13-17)15-7-9-16(23-3)10-8-15/h7-14,20H,4-6H2,1-3H3. The molecule has 1 atom stereocenters. The summed E-state index contributed by atoms with van der Waals surface area (Å²) in [7, 11) is -1.92. The van der Waals surface area contributed by atoms with Crippen LogP contribution in [0, 0.1) is 0 Å². The maximum Gasteiger partial charge on any atom is 0.242 e. The molecule has 0 aliphatic carbocycles. The Kier molecular flexibility index (Phi) is 6.34. The molecule has 0 fully saturated rings. The van der Waals surface area contributed by atoms with Crippen LogP contribution in [-0.2, 0) is 10.0 Å². The normalized spacial score (nSPS) is 12.8. The van der Waals surface area contributed by atoms with Gasteiger partial charge in [-0.25, -0.2) is 13.1 Å². The van der Waals surface area contributed by atoms with Crippen molar-refractivity contribution in [2.24, 2.45) is 0 Å². The molecule has 5 nitrogen and oxygen atoms in total. The van der Waals surface area contributed by atoms with Crippen molar-refractivity contribution in [3.8, 4) is 17.0 Å². The lowest BCUT2D eigenvalue weighted by Crippen LogP contribution is -2.32. The van der Waals surface area contributed by atoms with Crippen LogP contribution in [0.5, 0.6) is 5.75 Å². The van der Waals surface area contributed by atoms with E-state index in [9.17, 15) is 8.42 Å². The van der Waals surface area contributed by atoms with Gasteiger partial charge >= 0.3 is 0 Å². The number of unbranched alkanes of at least 4 members (excludes halogenated alkanes) is 1. The Morgan fingerprint density at radius 2 is 1.88 bits per heavy atom. The van der Waals surface area contributed by atoms with Gasteiger partial charge in [0.1, 0.15) is 10.6 Å². The van der Waals surface area contributed by atoms with Crippen LogP contribution in [0.2, 0.25) is 0 Å². The third kappa shape index (κ3) is 4.79. The van der Waals surface area contributed by atoms with Gasteiger partial charge in [-0.1, -0.05) is 19.8 Å². The van der Waals surface area contributed by atoms with Gasteiger partial charge in [-0.15, -0.1) is 0 Å². The van der Waals surface area contributed by atoms with Crippen LogP contribution in [0.1, 0.15) is 33.1 Å². The SMILES string of the molecule is CCCCC(C)NS(=O)(=O)c1ccc(-c2ccc(OC)cc2)nc1. The van der Waals surface area contributed by atoms with Gasteiger partial charge in [-0.3, -0.25) is 4.98 Å². The van der Waals surface area contributed by atoms with Crippen molar-refractivity contribution in [3.63, 3.8) is 0 Å². The number of hydrogen-bond donors (Lipinski definition) is 1. The topological polar surface area (TPSA) is 68.3 Å². The summed E-state index contributed by atoms with van der Waals surface area (Å²) in [5, 5.41) is 0. The number of ether oxygens (including phenoxy) is 1. The smallest absolute Gasteiger partial charge is 0.242 e. The predicted octanol–water partition coefficient (Wildman–Crippen LogP) is 3.61. The molecular formula is C18H24N2O3S. The first-order valence-corrected chi connectivity index (χ1v) is 9.57. The van der Waals surface area contributed by atoms with Crippen LogP contribution < -0.4 is 9.46 Å².